The number of urea groups is 1. The minimum atomic E-state index is -1.23. The smallest absolute Gasteiger partial charge is 0.426 e. The van der Waals surface area contributed by atoms with Crippen molar-refractivity contribution < 1.29 is 38.1 Å². The summed E-state index contributed by atoms with van der Waals surface area (Å²) in [5.74, 6) is -0.0750. The zero-order valence-electron chi connectivity index (χ0n) is 31.1. The molecule has 3 aliphatic rings. The summed E-state index contributed by atoms with van der Waals surface area (Å²) in [6.07, 6.45) is 6.11. The highest BCUT2D eigenvalue weighted by Gasteiger charge is 2.62. The van der Waals surface area contributed by atoms with Crippen LogP contribution in [0.1, 0.15) is 66.2 Å². The van der Waals surface area contributed by atoms with E-state index in [9.17, 15) is 19.2 Å². The number of esters is 1. The first-order valence-corrected chi connectivity index (χ1v) is 18.4. The molecule has 0 bridgehead atoms. The molecule has 2 aliphatic heterocycles. The average Bonchev–Trinajstić information content (AvgIpc) is 3.66. The van der Waals surface area contributed by atoms with Crippen LogP contribution in [0.25, 0.3) is 22.2 Å². The molecule has 3 aromatic rings. The molecule has 2 fully saturated rings. The maximum atomic E-state index is 14.5. The van der Waals surface area contributed by atoms with Crippen molar-refractivity contribution >= 4 is 34.9 Å². The third kappa shape index (κ3) is 8.66. The number of hydrogen-bond donors (Lipinski definition) is 2. The number of fused-ring (bicyclic) bond motifs is 3. The van der Waals surface area contributed by atoms with Gasteiger partial charge in [-0.2, -0.15) is 0 Å². The maximum Gasteiger partial charge on any atom is 0.426 e. The van der Waals surface area contributed by atoms with E-state index in [-0.39, 0.29) is 32.0 Å². The molecule has 6 rings (SSSR count). The van der Waals surface area contributed by atoms with Crippen molar-refractivity contribution in [3.8, 4) is 22.8 Å². The first-order valence-electron chi connectivity index (χ1n) is 18.4. The number of amides is 4. The minimum absolute atomic E-state index is 0.0276. The molecule has 13 nitrogen and oxygen atoms in total. The SMILES string of the molecule is CCOC(=O)[C@@]12CC1/C=C\CCCCCN(NC(=O)OC(C)(C)C)C(=O)N1C[C@H](Oc3cc(-c4ccccc4)nc4cc(OC)ccc34)C[C@H]1C(=O)N2. The molecule has 4 amide bonds. The van der Waals surface area contributed by atoms with E-state index in [4.69, 9.17) is 23.9 Å². The van der Waals surface area contributed by atoms with Crippen LogP contribution in [-0.4, -0.2) is 89.0 Å². The number of carbonyl (C=O) groups excluding carboxylic acids is 4. The molecule has 0 spiro atoms. The van der Waals surface area contributed by atoms with Gasteiger partial charge in [0.15, 0.2) is 0 Å². The summed E-state index contributed by atoms with van der Waals surface area (Å²) in [5.41, 5.74) is 2.82. The summed E-state index contributed by atoms with van der Waals surface area (Å²) in [6, 6.07) is 15.5. The Labute approximate surface area is 309 Å². The second-order valence-corrected chi connectivity index (χ2v) is 14.7. The quantitative estimate of drug-likeness (QED) is 0.216. The summed E-state index contributed by atoms with van der Waals surface area (Å²) in [7, 11) is 1.59. The molecular formula is C40H49N5O8. The lowest BCUT2D eigenvalue weighted by molar-refractivity contribution is -0.149. The highest BCUT2D eigenvalue weighted by atomic mass is 16.6. The van der Waals surface area contributed by atoms with Crippen molar-refractivity contribution in [2.45, 2.75) is 89.5 Å². The molecule has 282 valence electrons. The van der Waals surface area contributed by atoms with E-state index in [2.05, 4.69) is 10.7 Å². The lowest BCUT2D eigenvalue weighted by Gasteiger charge is -2.32. The summed E-state index contributed by atoms with van der Waals surface area (Å²) >= 11 is 0. The van der Waals surface area contributed by atoms with Gasteiger partial charge in [-0.3, -0.25) is 4.79 Å². The Kier molecular flexibility index (Phi) is 11.1. The topological polar surface area (TPSA) is 149 Å². The number of aromatic nitrogens is 1. The number of rotatable bonds is 7. The summed E-state index contributed by atoms with van der Waals surface area (Å²) in [5, 5.41) is 4.94. The van der Waals surface area contributed by atoms with Gasteiger partial charge in [-0.05, 0) is 65.5 Å². The molecule has 1 aromatic heterocycles. The molecule has 1 aliphatic carbocycles. The maximum absolute atomic E-state index is 14.5. The normalized spacial score (nSPS) is 24.1. The van der Waals surface area contributed by atoms with Crippen LogP contribution in [0, 0.1) is 5.92 Å². The Hall–Kier alpha value is -5.33. The zero-order chi connectivity index (χ0) is 37.8. The van der Waals surface area contributed by atoms with E-state index < -0.39 is 47.3 Å². The fourth-order valence-electron chi connectivity index (χ4n) is 6.93. The predicted octanol–water partition coefficient (Wildman–Crippen LogP) is 6.16. The zero-order valence-corrected chi connectivity index (χ0v) is 31.1. The third-order valence-electron chi connectivity index (χ3n) is 9.63. The van der Waals surface area contributed by atoms with Crippen LogP contribution < -0.4 is 20.2 Å². The first-order chi connectivity index (χ1) is 25.4. The largest absolute Gasteiger partial charge is 0.497 e. The van der Waals surface area contributed by atoms with E-state index in [0.29, 0.717) is 35.6 Å². The van der Waals surface area contributed by atoms with Crippen LogP contribution in [0.3, 0.4) is 0 Å². The van der Waals surface area contributed by atoms with Crippen molar-refractivity contribution in [2.75, 3.05) is 26.8 Å². The molecule has 0 radical (unpaired) electrons. The number of ether oxygens (including phenoxy) is 4. The standard InChI is InChI=1S/C40H49N5O8/c1-6-51-36(47)40-24-27(40)17-13-8-7-9-14-20-45(43-37(48)53-39(2,3)4)38(49)44-25-29(22-33(44)35(46)42-40)52-34-23-31(26-15-11-10-12-16-26)41-32-21-28(50-5)18-19-30(32)34/h10-13,15-19,21,23,27,29,33H,6-9,14,20,22,24-25H2,1-5H3,(H,42,46)(H,43,48)/b17-13-/t27?,29-,33+,40-/m1/s1. The van der Waals surface area contributed by atoms with Gasteiger partial charge in [0.25, 0.3) is 0 Å². The third-order valence-corrected chi connectivity index (χ3v) is 9.63. The number of nitrogens with one attached hydrogen (secondary N) is 2. The van der Waals surface area contributed by atoms with Crippen LogP contribution in [-0.2, 0) is 19.1 Å². The van der Waals surface area contributed by atoms with Crippen molar-refractivity contribution in [1.29, 1.82) is 0 Å². The molecular weight excluding hydrogens is 678 g/mol. The van der Waals surface area contributed by atoms with Gasteiger partial charge < -0.3 is 29.2 Å². The lowest BCUT2D eigenvalue weighted by Crippen LogP contribution is -2.58. The van der Waals surface area contributed by atoms with Crippen molar-refractivity contribution in [3.63, 3.8) is 0 Å². The Morgan fingerprint density at radius 3 is 2.58 bits per heavy atom. The van der Waals surface area contributed by atoms with E-state index in [1.807, 2.05) is 66.7 Å². The van der Waals surface area contributed by atoms with E-state index in [1.54, 1.807) is 34.8 Å². The van der Waals surface area contributed by atoms with Gasteiger partial charge in [0.2, 0.25) is 5.91 Å². The highest BCUT2D eigenvalue weighted by Crippen LogP contribution is 2.46. The van der Waals surface area contributed by atoms with E-state index in [1.165, 1.54) is 9.91 Å². The Morgan fingerprint density at radius 1 is 1.06 bits per heavy atom. The van der Waals surface area contributed by atoms with Crippen molar-refractivity contribution in [3.05, 3.63) is 66.7 Å². The Bertz CT molecular complexity index is 1860. The molecule has 1 unspecified atom stereocenters. The fraction of sp³-hybridized carbons (Fsp3) is 0.475. The van der Waals surface area contributed by atoms with E-state index in [0.717, 1.165) is 30.2 Å². The predicted molar refractivity (Wildman–Crippen MR) is 198 cm³/mol. The highest BCUT2D eigenvalue weighted by molar-refractivity contribution is 5.95. The number of hydrazine groups is 1. The van der Waals surface area contributed by atoms with Crippen LogP contribution in [0.5, 0.6) is 11.5 Å². The molecule has 2 N–H and O–H groups in total. The summed E-state index contributed by atoms with van der Waals surface area (Å²) in [4.78, 5) is 61.4. The summed E-state index contributed by atoms with van der Waals surface area (Å²) in [6.45, 7) is 7.34. The second-order valence-electron chi connectivity index (χ2n) is 14.7. The minimum Gasteiger partial charge on any atom is -0.497 e. The van der Waals surface area contributed by atoms with Crippen molar-refractivity contribution in [1.82, 2.24) is 25.6 Å². The van der Waals surface area contributed by atoms with Gasteiger partial charge in [-0.1, -0.05) is 48.9 Å². The number of nitrogens with zero attached hydrogens (tertiary/aromatic N) is 3. The molecule has 53 heavy (non-hydrogen) atoms. The van der Waals surface area contributed by atoms with Gasteiger partial charge in [-0.25, -0.2) is 29.8 Å². The van der Waals surface area contributed by atoms with Crippen LogP contribution >= 0.6 is 0 Å². The number of pyridine rings is 1. The monoisotopic (exact) mass is 727 g/mol. The molecule has 13 heteroatoms. The van der Waals surface area contributed by atoms with Crippen LogP contribution in [0.4, 0.5) is 9.59 Å². The molecule has 1 saturated heterocycles. The van der Waals surface area contributed by atoms with Gasteiger partial charge in [0.1, 0.15) is 34.8 Å². The number of carbonyl (C=O) groups is 4. The Morgan fingerprint density at radius 2 is 1.85 bits per heavy atom. The van der Waals surface area contributed by atoms with Crippen LogP contribution in [0.15, 0.2) is 66.7 Å². The Balaban J connectivity index is 1.35. The van der Waals surface area contributed by atoms with Gasteiger partial charge in [-0.15, -0.1) is 0 Å². The lowest BCUT2D eigenvalue weighted by atomic mass is 10.1. The number of methoxy groups -OCH3 is 1. The molecule has 2 aromatic carbocycles. The van der Waals surface area contributed by atoms with Gasteiger partial charge in [0.05, 0.1) is 31.5 Å². The number of benzene rings is 2. The molecule has 1 saturated carbocycles. The number of allylic oxidation sites excluding steroid dienone is 1. The van der Waals surface area contributed by atoms with Crippen LogP contribution in [0.2, 0.25) is 0 Å². The summed E-state index contributed by atoms with van der Waals surface area (Å²) < 4.78 is 23.1. The first kappa shape index (κ1) is 37.4. The second kappa shape index (κ2) is 15.7. The fourth-order valence-corrected chi connectivity index (χ4v) is 6.93. The molecule has 3 heterocycles. The number of hydrogen-bond acceptors (Lipinski definition) is 9. The van der Waals surface area contributed by atoms with Crippen molar-refractivity contribution in [2.24, 2.45) is 5.92 Å². The molecule has 4 atom stereocenters. The average molecular weight is 728 g/mol. The van der Waals surface area contributed by atoms with Gasteiger partial charge >= 0.3 is 18.1 Å². The van der Waals surface area contributed by atoms with E-state index >= 15 is 0 Å². The van der Waals surface area contributed by atoms with Gasteiger partial charge in [0, 0.05) is 42.0 Å².